The van der Waals surface area contributed by atoms with Crippen LogP contribution in [0.25, 0.3) is 0 Å². The minimum Gasteiger partial charge on any atom is -0.325 e. The summed E-state index contributed by atoms with van der Waals surface area (Å²) >= 11 is 1.20. The van der Waals surface area contributed by atoms with E-state index in [9.17, 15) is 14.0 Å². The number of benzene rings is 1. The van der Waals surface area contributed by atoms with Crippen molar-refractivity contribution in [2.75, 3.05) is 5.32 Å². The van der Waals surface area contributed by atoms with E-state index < -0.39 is 5.25 Å². The third-order valence-electron chi connectivity index (χ3n) is 2.93. The van der Waals surface area contributed by atoms with Crippen molar-refractivity contribution < 1.29 is 9.18 Å². The summed E-state index contributed by atoms with van der Waals surface area (Å²) in [5, 5.41) is 9.05. The largest absolute Gasteiger partial charge is 0.343 e. The van der Waals surface area contributed by atoms with Crippen molar-refractivity contribution in [3.05, 3.63) is 40.6 Å². The van der Waals surface area contributed by atoms with Crippen LogP contribution in [0, 0.1) is 5.82 Å². The Hall–Kier alpha value is -2.09. The first-order valence-corrected chi connectivity index (χ1v) is 7.77. The predicted octanol–water partition coefficient (Wildman–Crippen LogP) is 2.24. The van der Waals surface area contributed by atoms with Crippen LogP contribution in [0.2, 0.25) is 0 Å². The third-order valence-corrected chi connectivity index (χ3v) is 4.02. The Morgan fingerprint density at radius 2 is 2.14 bits per heavy atom. The molecule has 2 rings (SSSR count). The summed E-state index contributed by atoms with van der Waals surface area (Å²) in [6, 6.07) is 5.54. The highest BCUT2D eigenvalue weighted by molar-refractivity contribution is 8.00. The SMILES string of the molecule is CCCn1c(SC(C)C(=O)Nc2ccc(F)cc2)n[nH]c1=O. The molecule has 1 heterocycles. The molecule has 8 heteroatoms. The molecule has 1 unspecified atom stereocenters. The molecule has 1 amide bonds. The highest BCUT2D eigenvalue weighted by Crippen LogP contribution is 2.21. The Labute approximate surface area is 131 Å². The lowest BCUT2D eigenvalue weighted by atomic mass is 10.3. The highest BCUT2D eigenvalue weighted by Gasteiger charge is 2.18. The van der Waals surface area contributed by atoms with Gasteiger partial charge in [0, 0.05) is 12.2 Å². The molecule has 0 saturated heterocycles. The molecule has 0 aliphatic heterocycles. The number of hydrogen-bond donors (Lipinski definition) is 2. The van der Waals surface area contributed by atoms with Gasteiger partial charge >= 0.3 is 5.69 Å². The summed E-state index contributed by atoms with van der Waals surface area (Å²) in [5.41, 5.74) is 0.238. The van der Waals surface area contributed by atoms with Crippen molar-refractivity contribution >= 4 is 23.4 Å². The second-order valence-corrected chi connectivity index (χ2v) is 6.03. The van der Waals surface area contributed by atoms with Crippen LogP contribution >= 0.6 is 11.8 Å². The van der Waals surface area contributed by atoms with Crippen LogP contribution in [0.4, 0.5) is 10.1 Å². The zero-order chi connectivity index (χ0) is 16.1. The monoisotopic (exact) mass is 324 g/mol. The van der Waals surface area contributed by atoms with Crippen molar-refractivity contribution in [2.45, 2.75) is 37.2 Å². The molecule has 2 aromatic rings. The number of thioether (sulfide) groups is 1. The van der Waals surface area contributed by atoms with E-state index in [1.165, 1.54) is 40.6 Å². The number of anilines is 1. The van der Waals surface area contributed by atoms with Crippen LogP contribution in [0.5, 0.6) is 0 Å². The molecule has 1 aromatic carbocycles. The first-order valence-electron chi connectivity index (χ1n) is 6.89. The van der Waals surface area contributed by atoms with E-state index in [2.05, 4.69) is 15.5 Å². The average Bonchev–Trinajstić information content (AvgIpc) is 2.83. The van der Waals surface area contributed by atoms with Crippen molar-refractivity contribution in [3.8, 4) is 0 Å². The average molecular weight is 324 g/mol. The van der Waals surface area contributed by atoms with Gasteiger partial charge in [0.25, 0.3) is 0 Å². The van der Waals surface area contributed by atoms with E-state index in [0.717, 1.165) is 6.42 Å². The van der Waals surface area contributed by atoms with Gasteiger partial charge in [-0.05, 0) is 37.6 Å². The molecule has 22 heavy (non-hydrogen) atoms. The number of nitrogens with zero attached hydrogens (tertiary/aromatic N) is 2. The van der Waals surface area contributed by atoms with E-state index in [1.807, 2.05) is 6.92 Å². The summed E-state index contributed by atoms with van der Waals surface area (Å²) in [4.78, 5) is 23.7. The minimum absolute atomic E-state index is 0.241. The van der Waals surface area contributed by atoms with Gasteiger partial charge in [-0.25, -0.2) is 14.3 Å². The topological polar surface area (TPSA) is 79.8 Å². The number of aromatic nitrogens is 3. The van der Waals surface area contributed by atoms with E-state index in [0.29, 0.717) is 17.4 Å². The third kappa shape index (κ3) is 3.97. The van der Waals surface area contributed by atoms with E-state index in [-0.39, 0.29) is 17.4 Å². The number of rotatable bonds is 6. The lowest BCUT2D eigenvalue weighted by Crippen LogP contribution is -2.24. The van der Waals surface area contributed by atoms with Gasteiger partial charge in [0.15, 0.2) is 5.16 Å². The van der Waals surface area contributed by atoms with Crippen molar-refractivity contribution in [3.63, 3.8) is 0 Å². The maximum atomic E-state index is 12.8. The van der Waals surface area contributed by atoms with Gasteiger partial charge in [-0.2, -0.15) is 0 Å². The number of carbonyl (C=O) groups excluding carboxylic acids is 1. The molecule has 0 spiro atoms. The summed E-state index contributed by atoms with van der Waals surface area (Å²) in [6.45, 7) is 4.22. The summed E-state index contributed by atoms with van der Waals surface area (Å²) in [6.07, 6.45) is 0.795. The fourth-order valence-electron chi connectivity index (χ4n) is 1.80. The van der Waals surface area contributed by atoms with E-state index >= 15 is 0 Å². The normalized spacial score (nSPS) is 12.1. The van der Waals surface area contributed by atoms with Crippen LogP contribution in [-0.4, -0.2) is 25.9 Å². The van der Waals surface area contributed by atoms with Crippen LogP contribution in [-0.2, 0) is 11.3 Å². The fraction of sp³-hybridized carbons (Fsp3) is 0.357. The van der Waals surface area contributed by atoms with Crippen molar-refractivity contribution in [1.29, 1.82) is 0 Å². The molecular formula is C14H17FN4O2S. The first kappa shape index (κ1) is 16.3. The van der Waals surface area contributed by atoms with Crippen LogP contribution < -0.4 is 11.0 Å². The quantitative estimate of drug-likeness (QED) is 0.799. The minimum atomic E-state index is -0.448. The van der Waals surface area contributed by atoms with E-state index in [4.69, 9.17) is 0 Å². The van der Waals surface area contributed by atoms with Gasteiger partial charge in [0.2, 0.25) is 5.91 Å². The van der Waals surface area contributed by atoms with Gasteiger partial charge in [-0.3, -0.25) is 9.36 Å². The Kier molecular flexibility index (Phi) is 5.37. The lowest BCUT2D eigenvalue weighted by Gasteiger charge is -2.12. The number of nitrogens with one attached hydrogen (secondary N) is 2. The number of carbonyl (C=O) groups is 1. The fourth-order valence-corrected chi connectivity index (χ4v) is 2.68. The number of hydrogen-bond acceptors (Lipinski definition) is 4. The second-order valence-electron chi connectivity index (χ2n) is 4.72. The molecule has 118 valence electrons. The number of amides is 1. The maximum absolute atomic E-state index is 12.8. The molecule has 1 atom stereocenters. The molecule has 0 aliphatic carbocycles. The van der Waals surface area contributed by atoms with Gasteiger partial charge < -0.3 is 5.32 Å². The zero-order valence-electron chi connectivity index (χ0n) is 12.3. The van der Waals surface area contributed by atoms with E-state index in [1.54, 1.807) is 6.92 Å². The molecule has 2 N–H and O–H groups in total. The zero-order valence-corrected chi connectivity index (χ0v) is 13.1. The standard InChI is InChI=1S/C14H17FN4O2S/c1-3-8-19-13(21)17-18-14(19)22-9(2)12(20)16-11-6-4-10(15)5-7-11/h4-7,9H,3,8H2,1-2H3,(H,16,20)(H,17,21). The molecule has 6 nitrogen and oxygen atoms in total. The first-order chi connectivity index (χ1) is 10.5. The van der Waals surface area contributed by atoms with Gasteiger partial charge in [-0.1, -0.05) is 18.7 Å². The summed E-state index contributed by atoms with van der Waals surface area (Å²) in [7, 11) is 0. The van der Waals surface area contributed by atoms with Crippen LogP contribution in [0.15, 0.2) is 34.2 Å². The van der Waals surface area contributed by atoms with Crippen LogP contribution in [0.1, 0.15) is 20.3 Å². The Bertz CT molecular complexity index is 696. The molecule has 0 bridgehead atoms. The van der Waals surface area contributed by atoms with Crippen LogP contribution in [0.3, 0.4) is 0 Å². The molecule has 0 radical (unpaired) electrons. The molecule has 0 saturated carbocycles. The number of aromatic amines is 1. The number of H-pyrrole nitrogens is 1. The Morgan fingerprint density at radius 3 is 2.77 bits per heavy atom. The van der Waals surface area contributed by atoms with Crippen molar-refractivity contribution in [1.82, 2.24) is 14.8 Å². The maximum Gasteiger partial charge on any atom is 0.343 e. The van der Waals surface area contributed by atoms with Gasteiger partial charge in [-0.15, -0.1) is 5.10 Å². The van der Waals surface area contributed by atoms with Crippen molar-refractivity contribution in [2.24, 2.45) is 0 Å². The smallest absolute Gasteiger partial charge is 0.325 e. The Morgan fingerprint density at radius 1 is 1.45 bits per heavy atom. The molecule has 1 aromatic heterocycles. The molecular weight excluding hydrogens is 307 g/mol. The predicted molar refractivity (Wildman–Crippen MR) is 83.5 cm³/mol. The summed E-state index contributed by atoms with van der Waals surface area (Å²) in [5.74, 6) is -0.601. The number of halogens is 1. The second kappa shape index (κ2) is 7.26. The summed E-state index contributed by atoms with van der Waals surface area (Å²) < 4.78 is 14.3. The van der Waals surface area contributed by atoms with Gasteiger partial charge in [0.05, 0.1) is 5.25 Å². The van der Waals surface area contributed by atoms with Gasteiger partial charge in [0.1, 0.15) is 5.82 Å². The Balaban J connectivity index is 2.02. The molecule has 0 fully saturated rings. The lowest BCUT2D eigenvalue weighted by molar-refractivity contribution is -0.115. The highest BCUT2D eigenvalue weighted by atomic mass is 32.2. The molecule has 0 aliphatic rings.